The van der Waals surface area contributed by atoms with E-state index in [0.717, 1.165) is 18.0 Å². The zero-order valence-corrected chi connectivity index (χ0v) is 14.7. The molecule has 0 spiro atoms. The van der Waals surface area contributed by atoms with Crippen LogP contribution in [0.1, 0.15) is 17.3 Å². The van der Waals surface area contributed by atoms with Gasteiger partial charge in [0.25, 0.3) is 0 Å². The molecule has 3 aromatic rings. The molecule has 3 nitrogen and oxygen atoms in total. The largest absolute Gasteiger partial charge is 0.348 e. The van der Waals surface area contributed by atoms with Gasteiger partial charge in [-0.05, 0) is 29.8 Å². The van der Waals surface area contributed by atoms with Crippen molar-refractivity contribution in [3.63, 3.8) is 0 Å². The van der Waals surface area contributed by atoms with Crippen molar-refractivity contribution in [2.24, 2.45) is 0 Å². The molecule has 0 fully saturated rings. The summed E-state index contributed by atoms with van der Waals surface area (Å²) in [6.07, 6.45) is 2.10. The third-order valence-corrected chi connectivity index (χ3v) is 5.58. The van der Waals surface area contributed by atoms with Gasteiger partial charge in [-0.2, -0.15) is 0 Å². The molecule has 2 heterocycles. The summed E-state index contributed by atoms with van der Waals surface area (Å²) in [5.41, 5.74) is 2.36. The number of hydrogen-bond acceptors (Lipinski definition) is 2. The van der Waals surface area contributed by atoms with Crippen LogP contribution in [0.15, 0.2) is 83.9 Å². The number of carbonyl (C=O) groups is 1. The van der Waals surface area contributed by atoms with Gasteiger partial charge in [0.15, 0.2) is 0 Å². The molecule has 1 aromatic heterocycles. The van der Waals surface area contributed by atoms with Gasteiger partial charge in [-0.15, -0.1) is 11.8 Å². The van der Waals surface area contributed by atoms with E-state index in [-0.39, 0.29) is 11.9 Å². The molecule has 0 radical (unpaired) electrons. The van der Waals surface area contributed by atoms with Crippen LogP contribution in [0.5, 0.6) is 0 Å². The number of aromatic nitrogens is 1. The van der Waals surface area contributed by atoms with Crippen LogP contribution in [0.3, 0.4) is 0 Å². The lowest BCUT2D eigenvalue weighted by Crippen LogP contribution is -2.43. The second-order valence-corrected chi connectivity index (χ2v) is 7.18. The second kappa shape index (κ2) is 7.19. The van der Waals surface area contributed by atoms with Gasteiger partial charge in [0.05, 0.1) is 11.8 Å². The summed E-state index contributed by atoms with van der Waals surface area (Å²) in [5.74, 6) is 0.656. The topological polar surface area (TPSA) is 25.2 Å². The standard InChI is InChI=1S/C21H20N2OS/c24-20(16-25-18-10-5-2-6-11-18)23-15-14-22-13-7-12-19(22)21(23)17-8-3-1-4-9-17/h1-13,21H,14-16H2. The molecule has 1 amide bonds. The summed E-state index contributed by atoms with van der Waals surface area (Å²) in [6.45, 7) is 1.60. The smallest absolute Gasteiger partial charge is 0.233 e. The van der Waals surface area contributed by atoms with Gasteiger partial charge in [0.1, 0.15) is 0 Å². The molecule has 0 saturated carbocycles. The number of amides is 1. The molecule has 25 heavy (non-hydrogen) atoms. The molecule has 1 aliphatic heterocycles. The van der Waals surface area contributed by atoms with E-state index in [1.807, 2.05) is 53.4 Å². The Balaban J connectivity index is 1.58. The van der Waals surface area contributed by atoms with Crippen molar-refractivity contribution in [3.8, 4) is 0 Å². The van der Waals surface area contributed by atoms with Crippen LogP contribution in [0.2, 0.25) is 0 Å². The molecule has 4 rings (SSSR count). The van der Waals surface area contributed by atoms with Crippen LogP contribution in [-0.4, -0.2) is 27.7 Å². The van der Waals surface area contributed by atoms with Crippen molar-refractivity contribution in [2.75, 3.05) is 12.3 Å². The lowest BCUT2D eigenvalue weighted by atomic mass is 10.00. The number of benzene rings is 2. The monoisotopic (exact) mass is 348 g/mol. The minimum atomic E-state index is -0.00572. The summed E-state index contributed by atoms with van der Waals surface area (Å²) in [5, 5.41) is 0. The number of fused-ring (bicyclic) bond motifs is 1. The third kappa shape index (κ3) is 3.35. The van der Waals surface area contributed by atoms with Gasteiger partial charge in [-0.3, -0.25) is 4.79 Å². The predicted octanol–water partition coefficient (Wildman–Crippen LogP) is 4.21. The third-order valence-electron chi connectivity index (χ3n) is 4.58. The fourth-order valence-corrected chi connectivity index (χ4v) is 4.19. The highest BCUT2D eigenvalue weighted by Gasteiger charge is 2.31. The molecule has 1 unspecified atom stereocenters. The molecule has 0 bridgehead atoms. The first-order valence-electron chi connectivity index (χ1n) is 8.50. The fourth-order valence-electron chi connectivity index (χ4n) is 3.38. The summed E-state index contributed by atoms with van der Waals surface area (Å²) >= 11 is 1.60. The van der Waals surface area contributed by atoms with Crippen LogP contribution in [0.25, 0.3) is 0 Å². The van der Waals surface area contributed by atoms with Crippen molar-refractivity contribution in [3.05, 3.63) is 90.3 Å². The first-order chi connectivity index (χ1) is 12.3. The Morgan fingerprint density at radius 2 is 1.64 bits per heavy atom. The van der Waals surface area contributed by atoms with Gasteiger partial charge < -0.3 is 9.47 Å². The molecule has 1 aliphatic rings. The average molecular weight is 348 g/mol. The summed E-state index contributed by atoms with van der Waals surface area (Å²) in [7, 11) is 0. The van der Waals surface area contributed by atoms with Crippen molar-refractivity contribution < 1.29 is 4.79 Å². The SMILES string of the molecule is O=C(CSc1ccccc1)N1CCn2cccc2C1c1ccccc1. The van der Waals surface area contributed by atoms with E-state index < -0.39 is 0 Å². The van der Waals surface area contributed by atoms with Crippen molar-refractivity contribution in [2.45, 2.75) is 17.5 Å². The molecule has 126 valence electrons. The van der Waals surface area contributed by atoms with Crippen LogP contribution >= 0.6 is 11.8 Å². The molecular weight excluding hydrogens is 328 g/mol. The maximum Gasteiger partial charge on any atom is 0.233 e. The van der Waals surface area contributed by atoms with E-state index in [0.29, 0.717) is 5.75 Å². The summed E-state index contributed by atoms with van der Waals surface area (Å²) in [4.78, 5) is 16.1. The first kappa shape index (κ1) is 16.0. The van der Waals surface area contributed by atoms with E-state index in [1.54, 1.807) is 11.8 Å². The minimum Gasteiger partial charge on any atom is -0.348 e. The van der Waals surface area contributed by atoms with Gasteiger partial charge in [0.2, 0.25) is 5.91 Å². The molecule has 0 saturated heterocycles. The highest BCUT2D eigenvalue weighted by atomic mass is 32.2. The molecule has 1 atom stereocenters. The Hall–Kier alpha value is -2.46. The van der Waals surface area contributed by atoms with E-state index in [9.17, 15) is 4.79 Å². The normalized spacial score (nSPS) is 16.5. The van der Waals surface area contributed by atoms with Crippen molar-refractivity contribution in [1.82, 2.24) is 9.47 Å². The molecule has 0 N–H and O–H groups in total. The van der Waals surface area contributed by atoms with Crippen molar-refractivity contribution >= 4 is 17.7 Å². The molecular formula is C21H20N2OS. The number of rotatable bonds is 4. The molecule has 2 aromatic carbocycles. The van der Waals surface area contributed by atoms with Crippen LogP contribution in [0, 0.1) is 0 Å². The second-order valence-electron chi connectivity index (χ2n) is 6.13. The summed E-state index contributed by atoms with van der Waals surface area (Å²) < 4.78 is 2.26. The van der Waals surface area contributed by atoms with E-state index >= 15 is 0 Å². The zero-order chi connectivity index (χ0) is 17.1. The average Bonchev–Trinajstić information content (AvgIpc) is 3.15. The maximum absolute atomic E-state index is 13.0. The lowest BCUT2D eigenvalue weighted by Gasteiger charge is -2.37. The Morgan fingerprint density at radius 3 is 2.40 bits per heavy atom. The van der Waals surface area contributed by atoms with Crippen molar-refractivity contribution in [1.29, 1.82) is 0 Å². The van der Waals surface area contributed by atoms with Gasteiger partial charge in [-0.1, -0.05) is 48.5 Å². The lowest BCUT2D eigenvalue weighted by molar-refractivity contribution is -0.131. The zero-order valence-electron chi connectivity index (χ0n) is 13.9. The Bertz CT molecular complexity index is 845. The number of nitrogens with zero attached hydrogens (tertiary/aromatic N) is 2. The van der Waals surface area contributed by atoms with Gasteiger partial charge in [0, 0.05) is 29.9 Å². The van der Waals surface area contributed by atoms with E-state index in [1.165, 1.54) is 11.3 Å². The fraction of sp³-hybridized carbons (Fsp3) is 0.190. The Labute approximate surface area is 152 Å². The molecule has 0 aliphatic carbocycles. The highest BCUT2D eigenvalue weighted by Crippen LogP contribution is 2.33. The Kier molecular flexibility index (Phi) is 4.61. The molecule has 4 heteroatoms. The highest BCUT2D eigenvalue weighted by molar-refractivity contribution is 8.00. The summed E-state index contributed by atoms with van der Waals surface area (Å²) in [6, 6.07) is 24.6. The van der Waals surface area contributed by atoms with Crippen LogP contribution < -0.4 is 0 Å². The Morgan fingerprint density at radius 1 is 0.920 bits per heavy atom. The number of hydrogen-bond donors (Lipinski definition) is 0. The minimum absolute atomic E-state index is 0.00572. The van der Waals surface area contributed by atoms with Crippen LogP contribution in [0.4, 0.5) is 0 Å². The quantitative estimate of drug-likeness (QED) is 0.660. The van der Waals surface area contributed by atoms with E-state index in [2.05, 4.69) is 35.0 Å². The number of thioether (sulfide) groups is 1. The number of carbonyl (C=O) groups excluding carboxylic acids is 1. The first-order valence-corrected chi connectivity index (χ1v) is 9.49. The van der Waals surface area contributed by atoms with Crippen LogP contribution in [-0.2, 0) is 11.3 Å². The predicted molar refractivity (Wildman–Crippen MR) is 102 cm³/mol. The van der Waals surface area contributed by atoms with E-state index in [4.69, 9.17) is 0 Å². The van der Waals surface area contributed by atoms with Gasteiger partial charge >= 0.3 is 0 Å². The maximum atomic E-state index is 13.0. The van der Waals surface area contributed by atoms with Gasteiger partial charge in [-0.25, -0.2) is 0 Å².